The van der Waals surface area contributed by atoms with Crippen LogP contribution in [-0.4, -0.2) is 23.0 Å². The minimum atomic E-state index is -1.18. The molecule has 0 aliphatic heterocycles. The number of carboxylic acid groups (broad SMARTS) is 1. The van der Waals surface area contributed by atoms with Crippen molar-refractivity contribution < 1.29 is 33.4 Å². The molecule has 0 spiro atoms. The molecule has 0 amide bonds. The first-order valence-electron chi connectivity index (χ1n) is 9.65. The Labute approximate surface area is 182 Å². The summed E-state index contributed by atoms with van der Waals surface area (Å²) in [6, 6.07) is 15.8. The second kappa shape index (κ2) is 8.11. The first-order chi connectivity index (χ1) is 15.2. The number of fused-ring (bicyclic) bond motifs is 3. The molecule has 32 heavy (non-hydrogen) atoms. The summed E-state index contributed by atoms with van der Waals surface area (Å²) in [4.78, 5) is 35.0. The van der Waals surface area contributed by atoms with E-state index in [0.717, 1.165) is 22.3 Å². The largest absolute Gasteiger partial charge is 0.478 e. The Morgan fingerprint density at radius 1 is 0.844 bits per heavy atom. The number of rotatable bonds is 5. The van der Waals surface area contributed by atoms with Crippen LogP contribution in [0.5, 0.6) is 11.5 Å². The molecule has 0 saturated carbocycles. The first kappa shape index (κ1) is 21.0. The van der Waals surface area contributed by atoms with Crippen LogP contribution in [0.25, 0.3) is 11.1 Å². The molecule has 1 N–H and O–H groups in total. The van der Waals surface area contributed by atoms with Crippen LogP contribution >= 0.6 is 0 Å². The molecule has 0 fully saturated rings. The Bertz CT molecular complexity index is 1280. The van der Waals surface area contributed by atoms with Crippen molar-refractivity contribution in [1.29, 1.82) is 0 Å². The van der Waals surface area contributed by atoms with Crippen LogP contribution in [0.1, 0.15) is 44.7 Å². The molecule has 0 radical (unpaired) electrons. The van der Waals surface area contributed by atoms with Gasteiger partial charge in [0.05, 0.1) is 11.1 Å². The van der Waals surface area contributed by atoms with Gasteiger partial charge in [0.1, 0.15) is 11.5 Å². The molecule has 1 unspecified atom stereocenters. The summed E-state index contributed by atoms with van der Waals surface area (Å²) in [7, 11) is 0. The van der Waals surface area contributed by atoms with E-state index in [9.17, 15) is 18.8 Å². The second-order valence-corrected chi connectivity index (χ2v) is 7.29. The summed E-state index contributed by atoms with van der Waals surface area (Å²) in [5.41, 5.74) is 4.07. The number of benzene rings is 3. The Morgan fingerprint density at radius 3 is 2.03 bits per heavy atom. The molecule has 0 aromatic heterocycles. The van der Waals surface area contributed by atoms with Crippen molar-refractivity contribution in [3.8, 4) is 22.6 Å². The van der Waals surface area contributed by atoms with Crippen molar-refractivity contribution in [2.45, 2.75) is 12.8 Å². The monoisotopic (exact) mass is 432 g/mol. The van der Waals surface area contributed by atoms with Crippen LogP contribution in [0.4, 0.5) is 4.39 Å². The lowest BCUT2D eigenvalue weighted by Gasteiger charge is -2.10. The standard InChI is InChI=1S/C25H17FO6/c1-13-21-11-16(25(30)31-17-6-3-15(4-7-17)23(27)28)5-9-19(21)20-10-8-18(12-22(13)20)32-24(29)14(2)26/h3-13H,2H2,1H3,(H,27,28). The lowest BCUT2D eigenvalue weighted by Crippen LogP contribution is -2.09. The molecular weight excluding hydrogens is 415 g/mol. The summed E-state index contributed by atoms with van der Waals surface area (Å²) in [6.45, 7) is 4.88. The molecule has 3 aromatic carbocycles. The third kappa shape index (κ3) is 3.88. The minimum Gasteiger partial charge on any atom is -0.478 e. The van der Waals surface area contributed by atoms with Gasteiger partial charge < -0.3 is 14.6 Å². The van der Waals surface area contributed by atoms with Gasteiger partial charge in [0.15, 0.2) is 0 Å². The summed E-state index contributed by atoms with van der Waals surface area (Å²) in [6.07, 6.45) is 0. The highest BCUT2D eigenvalue weighted by Gasteiger charge is 2.27. The fourth-order valence-electron chi connectivity index (χ4n) is 3.66. The predicted molar refractivity (Wildman–Crippen MR) is 114 cm³/mol. The Kier molecular flexibility index (Phi) is 5.32. The molecule has 0 heterocycles. The van der Waals surface area contributed by atoms with E-state index in [0.29, 0.717) is 5.56 Å². The number of halogens is 1. The number of aromatic carboxylic acids is 1. The third-order valence-corrected chi connectivity index (χ3v) is 5.28. The number of carboxylic acids is 1. The van der Waals surface area contributed by atoms with Gasteiger partial charge in [-0.15, -0.1) is 0 Å². The topological polar surface area (TPSA) is 89.9 Å². The lowest BCUT2D eigenvalue weighted by molar-refractivity contribution is -0.131. The molecule has 0 saturated heterocycles. The average molecular weight is 432 g/mol. The van der Waals surface area contributed by atoms with Crippen LogP contribution in [-0.2, 0) is 4.79 Å². The van der Waals surface area contributed by atoms with Gasteiger partial charge >= 0.3 is 17.9 Å². The first-order valence-corrected chi connectivity index (χ1v) is 9.65. The van der Waals surface area contributed by atoms with Gasteiger partial charge in [0, 0.05) is 5.92 Å². The van der Waals surface area contributed by atoms with Gasteiger partial charge in [0.2, 0.25) is 5.83 Å². The molecule has 4 rings (SSSR count). The summed E-state index contributed by atoms with van der Waals surface area (Å²) in [5, 5.41) is 8.96. The highest BCUT2D eigenvalue weighted by atomic mass is 19.1. The zero-order valence-electron chi connectivity index (χ0n) is 16.9. The van der Waals surface area contributed by atoms with Gasteiger partial charge in [-0.25, -0.2) is 14.4 Å². The van der Waals surface area contributed by atoms with E-state index in [1.165, 1.54) is 24.3 Å². The fourth-order valence-corrected chi connectivity index (χ4v) is 3.66. The van der Waals surface area contributed by atoms with Gasteiger partial charge in [-0.3, -0.25) is 0 Å². The van der Waals surface area contributed by atoms with Crippen molar-refractivity contribution in [1.82, 2.24) is 0 Å². The van der Waals surface area contributed by atoms with Crippen molar-refractivity contribution >= 4 is 17.9 Å². The van der Waals surface area contributed by atoms with E-state index in [1.54, 1.807) is 30.3 Å². The summed E-state index contributed by atoms with van der Waals surface area (Å²) < 4.78 is 23.3. The van der Waals surface area contributed by atoms with Crippen LogP contribution in [0.15, 0.2) is 73.1 Å². The quantitative estimate of drug-likeness (QED) is 0.342. The molecule has 1 aliphatic rings. The number of hydrogen-bond donors (Lipinski definition) is 1. The van der Waals surface area contributed by atoms with Crippen molar-refractivity contribution in [2.24, 2.45) is 0 Å². The Balaban J connectivity index is 1.56. The molecule has 1 aliphatic carbocycles. The van der Waals surface area contributed by atoms with Gasteiger partial charge in [-0.1, -0.05) is 25.6 Å². The summed E-state index contributed by atoms with van der Waals surface area (Å²) >= 11 is 0. The van der Waals surface area contributed by atoms with Crippen molar-refractivity contribution in [3.05, 3.63) is 95.3 Å². The SMILES string of the molecule is C=C(F)C(=O)Oc1ccc2c(c1)C(C)c1cc(C(=O)Oc3ccc(C(=O)O)cc3)ccc1-2. The number of ether oxygens (including phenoxy) is 2. The van der Waals surface area contributed by atoms with Gasteiger partial charge in [0.25, 0.3) is 0 Å². The minimum absolute atomic E-state index is 0.0924. The smallest absolute Gasteiger partial charge is 0.371 e. The van der Waals surface area contributed by atoms with E-state index in [4.69, 9.17) is 14.6 Å². The third-order valence-electron chi connectivity index (χ3n) is 5.28. The lowest BCUT2D eigenvalue weighted by atomic mass is 9.98. The maximum atomic E-state index is 12.9. The number of carbonyl (C=O) groups excluding carboxylic acids is 2. The number of esters is 2. The highest BCUT2D eigenvalue weighted by molar-refractivity contribution is 5.94. The maximum Gasteiger partial charge on any atom is 0.371 e. The van der Waals surface area contributed by atoms with E-state index in [1.807, 2.05) is 13.0 Å². The zero-order chi connectivity index (χ0) is 23.0. The van der Waals surface area contributed by atoms with Crippen molar-refractivity contribution in [2.75, 3.05) is 0 Å². The number of hydrogen-bond acceptors (Lipinski definition) is 5. The molecule has 1 atom stereocenters. The van der Waals surface area contributed by atoms with Crippen LogP contribution in [0.3, 0.4) is 0 Å². The van der Waals surface area contributed by atoms with E-state index in [2.05, 4.69) is 6.58 Å². The molecule has 0 bridgehead atoms. The Morgan fingerprint density at radius 2 is 1.41 bits per heavy atom. The fraction of sp³-hybridized carbons (Fsp3) is 0.0800. The normalized spacial score (nSPS) is 13.6. The zero-order valence-corrected chi connectivity index (χ0v) is 16.9. The van der Waals surface area contributed by atoms with Gasteiger partial charge in [-0.05, 0) is 70.8 Å². The highest BCUT2D eigenvalue weighted by Crippen LogP contribution is 2.46. The van der Waals surface area contributed by atoms with Crippen LogP contribution in [0.2, 0.25) is 0 Å². The average Bonchev–Trinajstić information content (AvgIpc) is 3.05. The van der Waals surface area contributed by atoms with Crippen molar-refractivity contribution in [3.63, 3.8) is 0 Å². The maximum absolute atomic E-state index is 12.9. The molecule has 6 nitrogen and oxygen atoms in total. The van der Waals surface area contributed by atoms with Gasteiger partial charge in [-0.2, -0.15) is 4.39 Å². The molecule has 160 valence electrons. The second-order valence-electron chi connectivity index (χ2n) is 7.29. The number of carbonyl (C=O) groups is 3. The summed E-state index contributed by atoms with van der Waals surface area (Å²) in [5.74, 6) is -3.63. The molecule has 7 heteroatoms. The van der Waals surface area contributed by atoms with Crippen LogP contribution in [0, 0.1) is 0 Å². The van der Waals surface area contributed by atoms with E-state index < -0.39 is 23.7 Å². The van der Waals surface area contributed by atoms with E-state index in [-0.39, 0.29) is 23.0 Å². The molecular formula is C25H17FO6. The van der Waals surface area contributed by atoms with Crippen LogP contribution < -0.4 is 9.47 Å². The molecule has 3 aromatic rings. The predicted octanol–water partition coefficient (Wildman–Crippen LogP) is 5.12. The Hall–Kier alpha value is -4.26. The van der Waals surface area contributed by atoms with E-state index >= 15 is 0 Å².